The zero-order valence-corrected chi connectivity index (χ0v) is 32.1. The number of rotatable bonds is 16. The van der Waals surface area contributed by atoms with Gasteiger partial charge in [0, 0.05) is 19.5 Å². The van der Waals surface area contributed by atoms with E-state index in [9.17, 15) is 44.4 Å². The monoisotopic (exact) mass is 760 g/mol. The Labute approximate surface area is 310 Å². The number of aliphatic hydroxyl groups excluding tert-OH is 3. The molecule has 0 bridgehead atoms. The molecule has 1 aromatic carbocycles. The molecule has 3 amide bonds. The Hall–Kier alpha value is -4.07. The lowest BCUT2D eigenvalue weighted by Crippen LogP contribution is -2.61. The highest BCUT2D eigenvalue weighted by atomic mass is 16.7. The lowest BCUT2D eigenvalue weighted by molar-refractivity contribution is -0.271. The van der Waals surface area contributed by atoms with Crippen LogP contribution in [0.4, 0.5) is 10.5 Å². The molecule has 1 fully saturated rings. The number of aliphatic hydroxyl groups is 3. The van der Waals surface area contributed by atoms with Crippen LogP contribution in [-0.4, -0.2) is 117 Å². The summed E-state index contributed by atoms with van der Waals surface area (Å²) in [7, 11) is 0. The van der Waals surface area contributed by atoms with E-state index in [1.54, 1.807) is 0 Å². The van der Waals surface area contributed by atoms with Gasteiger partial charge in [0.1, 0.15) is 30.7 Å². The standard InChI is InChI=1S/C20H27N3O12.C13H27NO2.C2H6/c1-8(21)17(28)22-5-4-12(24)23-10-6-9(7-33-20(31)32)2-3-11(10)34-19-15(27)13(25)14(26)16(35-19)18(29)30;1-7-8-9-14-11(15)13(5,6)10-16-12(2,3)4;1-2/h2-3,6,8,13-16,19,25-27H,4-5,7,21H2,1H3,(H,22,28)(H,23,24)(H,29,30)(H,31,32);7-10H2,1-6H3,(H,14,15);1-2H3/t8-,13?,14-,15+,16?,19?;;/m0../s1. The fourth-order valence-corrected chi connectivity index (χ4v) is 4.04. The van der Waals surface area contributed by atoms with Crippen LogP contribution in [0.3, 0.4) is 0 Å². The first-order chi connectivity index (χ1) is 24.6. The number of amides is 3. The Morgan fingerprint density at radius 1 is 0.943 bits per heavy atom. The Kier molecular flexibility index (Phi) is 21.8. The number of aliphatic carboxylic acids is 1. The van der Waals surface area contributed by atoms with E-state index in [1.807, 2.05) is 48.5 Å². The van der Waals surface area contributed by atoms with Crippen molar-refractivity contribution in [3.63, 3.8) is 0 Å². The third-order valence-corrected chi connectivity index (χ3v) is 7.10. The summed E-state index contributed by atoms with van der Waals surface area (Å²) < 4.78 is 20.7. The number of unbranched alkanes of at least 4 members (excludes halogenated alkanes) is 1. The van der Waals surface area contributed by atoms with Crippen LogP contribution in [0.2, 0.25) is 0 Å². The fraction of sp³-hybridized carbons (Fsp3) is 0.686. The van der Waals surface area contributed by atoms with Crippen LogP contribution in [0.5, 0.6) is 5.75 Å². The molecule has 1 aliphatic heterocycles. The highest BCUT2D eigenvalue weighted by Gasteiger charge is 2.48. The van der Waals surface area contributed by atoms with Crippen LogP contribution in [0.25, 0.3) is 0 Å². The first-order valence-electron chi connectivity index (χ1n) is 17.4. The molecule has 1 aromatic rings. The number of hydrogen-bond acceptors (Lipinski definition) is 13. The van der Waals surface area contributed by atoms with Crippen LogP contribution in [0.15, 0.2) is 18.2 Å². The summed E-state index contributed by atoms with van der Waals surface area (Å²) >= 11 is 0. The van der Waals surface area contributed by atoms with Gasteiger partial charge in [-0.1, -0.05) is 33.3 Å². The Morgan fingerprint density at radius 3 is 2.09 bits per heavy atom. The normalized spacial score (nSPS) is 20.2. The zero-order chi connectivity index (χ0) is 41.1. The fourth-order valence-electron chi connectivity index (χ4n) is 4.04. The number of ether oxygens (including phenoxy) is 4. The van der Waals surface area contributed by atoms with Gasteiger partial charge in [-0.15, -0.1) is 0 Å². The van der Waals surface area contributed by atoms with E-state index in [0.29, 0.717) is 12.2 Å². The minimum Gasteiger partial charge on any atom is -0.479 e. The third-order valence-electron chi connectivity index (χ3n) is 7.10. The molecule has 6 atom stereocenters. The molecule has 0 spiro atoms. The van der Waals surface area contributed by atoms with Gasteiger partial charge in [-0.3, -0.25) is 14.4 Å². The Bertz CT molecular complexity index is 1320. The molecule has 0 saturated carbocycles. The summed E-state index contributed by atoms with van der Waals surface area (Å²) in [6.07, 6.45) is -8.94. The molecular formula is C35H60N4O14. The lowest BCUT2D eigenvalue weighted by Gasteiger charge is -2.38. The zero-order valence-electron chi connectivity index (χ0n) is 32.1. The van der Waals surface area contributed by atoms with E-state index in [1.165, 1.54) is 25.1 Å². The average molecular weight is 761 g/mol. The maximum Gasteiger partial charge on any atom is 0.506 e. The molecule has 2 rings (SSSR count). The predicted molar refractivity (Wildman–Crippen MR) is 193 cm³/mol. The average Bonchev–Trinajstić information content (AvgIpc) is 3.08. The molecule has 0 aromatic heterocycles. The van der Waals surface area contributed by atoms with Crippen LogP contribution in [-0.2, 0) is 40.0 Å². The molecule has 10 N–H and O–H groups in total. The summed E-state index contributed by atoms with van der Waals surface area (Å²) in [5.74, 6) is -2.74. The number of nitrogens with one attached hydrogen (secondary N) is 3. The third kappa shape index (κ3) is 18.5. The van der Waals surface area contributed by atoms with E-state index < -0.39 is 66.1 Å². The van der Waals surface area contributed by atoms with Gasteiger partial charge in [-0.25, -0.2) is 9.59 Å². The number of carboxylic acid groups (broad SMARTS) is 2. The largest absolute Gasteiger partial charge is 0.506 e. The van der Waals surface area contributed by atoms with Gasteiger partial charge < -0.3 is 66.2 Å². The van der Waals surface area contributed by atoms with E-state index in [-0.39, 0.29) is 42.5 Å². The van der Waals surface area contributed by atoms with Crippen molar-refractivity contribution < 1.29 is 68.5 Å². The molecule has 53 heavy (non-hydrogen) atoms. The first kappa shape index (κ1) is 48.9. The van der Waals surface area contributed by atoms with Crippen molar-refractivity contribution in [3.05, 3.63) is 23.8 Å². The van der Waals surface area contributed by atoms with E-state index >= 15 is 0 Å². The highest BCUT2D eigenvalue weighted by molar-refractivity contribution is 5.93. The molecule has 1 heterocycles. The molecule has 0 radical (unpaired) electrons. The van der Waals surface area contributed by atoms with Crippen molar-refractivity contribution in [2.24, 2.45) is 11.1 Å². The van der Waals surface area contributed by atoms with Crippen LogP contribution in [0.1, 0.15) is 87.1 Å². The molecule has 1 saturated heterocycles. The van der Waals surface area contributed by atoms with Crippen LogP contribution in [0, 0.1) is 5.41 Å². The minimum absolute atomic E-state index is 0.0386. The maximum absolute atomic E-state index is 12.4. The van der Waals surface area contributed by atoms with Gasteiger partial charge >= 0.3 is 12.1 Å². The van der Waals surface area contributed by atoms with Gasteiger partial charge in [0.05, 0.1) is 29.4 Å². The Balaban J connectivity index is 0.00000126. The highest BCUT2D eigenvalue weighted by Crippen LogP contribution is 2.31. The number of benzene rings is 1. The van der Waals surface area contributed by atoms with Crippen LogP contribution >= 0.6 is 0 Å². The molecule has 0 aliphatic carbocycles. The van der Waals surface area contributed by atoms with Crippen molar-refractivity contribution in [2.75, 3.05) is 25.0 Å². The van der Waals surface area contributed by atoms with Crippen molar-refractivity contribution >= 4 is 35.5 Å². The van der Waals surface area contributed by atoms with Gasteiger partial charge in [0.15, 0.2) is 6.10 Å². The smallest absolute Gasteiger partial charge is 0.479 e. The Morgan fingerprint density at radius 2 is 1.57 bits per heavy atom. The predicted octanol–water partition coefficient (Wildman–Crippen LogP) is 1.71. The molecular weight excluding hydrogens is 700 g/mol. The quantitative estimate of drug-likeness (QED) is 0.0857. The summed E-state index contributed by atoms with van der Waals surface area (Å²) in [6.45, 7) is 18.2. The SMILES string of the molecule is CC.CCCCNC(=O)C(C)(C)COC(C)(C)C.C[C@H](N)C(=O)NCCC(=O)Nc1cc(COC(=O)O)ccc1OC1OC(C(=O)O)[C@@H](O)C(O)[C@H]1O. The van der Waals surface area contributed by atoms with E-state index in [4.69, 9.17) is 25.1 Å². The van der Waals surface area contributed by atoms with Gasteiger partial charge in [-0.05, 0) is 65.7 Å². The van der Waals surface area contributed by atoms with E-state index in [0.717, 1.165) is 19.4 Å². The molecule has 3 unspecified atom stereocenters. The second kappa shape index (κ2) is 23.6. The molecule has 304 valence electrons. The first-order valence-corrected chi connectivity index (χ1v) is 17.4. The van der Waals surface area contributed by atoms with Crippen molar-refractivity contribution in [1.29, 1.82) is 0 Å². The van der Waals surface area contributed by atoms with Crippen molar-refractivity contribution in [3.8, 4) is 5.75 Å². The van der Waals surface area contributed by atoms with Crippen molar-refractivity contribution in [2.45, 2.75) is 131 Å². The summed E-state index contributed by atoms with van der Waals surface area (Å²) in [6, 6.07) is 3.16. The molecule has 18 heteroatoms. The number of hydrogen-bond donors (Lipinski definition) is 9. The van der Waals surface area contributed by atoms with Crippen LogP contribution < -0.4 is 26.4 Å². The van der Waals surface area contributed by atoms with Gasteiger partial charge in [-0.2, -0.15) is 0 Å². The second-order valence-corrected chi connectivity index (χ2v) is 13.5. The lowest BCUT2D eigenvalue weighted by atomic mass is 9.93. The second-order valence-electron chi connectivity index (χ2n) is 13.5. The molecule has 18 nitrogen and oxygen atoms in total. The number of anilines is 1. The number of carbonyl (C=O) groups is 5. The number of carbonyl (C=O) groups excluding carboxylic acids is 3. The van der Waals surface area contributed by atoms with Gasteiger partial charge in [0.25, 0.3) is 0 Å². The number of carboxylic acids is 1. The summed E-state index contributed by atoms with van der Waals surface area (Å²) in [4.78, 5) is 57.7. The topological polar surface area (TPSA) is 286 Å². The maximum atomic E-state index is 12.4. The molecule has 1 aliphatic rings. The number of nitrogens with two attached hydrogens (primary N) is 1. The minimum atomic E-state index is -1.93. The summed E-state index contributed by atoms with van der Waals surface area (Å²) in [5, 5.41) is 55.7. The van der Waals surface area contributed by atoms with Gasteiger partial charge in [0.2, 0.25) is 24.0 Å². The van der Waals surface area contributed by atoms with Crippen molar-refractivity contribution in [1.82, 2.24) is 10.6 Å². The summed E-state index contributed by atoms with van der Waals surface area (Å²) in [5.41, 5.74) is 5.03. The van der Waals surface area contributed by atoms with E-state index in [2.05, 4.69) is 27.6 Å².